The van der Waals surface area contributed by atoms with Crippen molar-refractivity contribution in [2.75, 3.05) is 11.0 Å². The van der Waals surface area contributed by atoms with E-state index in [4.69, 9.17) is 0 Å². The van der Waals surface area contributed by atoms with Gasteiger partial charge in [-0.2, -0.15) is 5.10 Å². The topological polar surface area (TPSA) is 29.9 Å². The Labute approximate surface area is 112 Å². The lowest BCUT2D eigenvalue weighted by atomic mass is 10.2. The van der Waals surface area contributed by atoms with Crippen LogP contribution in [0, 0.1) is 0 Å². The summed E-state index contributed by atoms with van der Waals surface area (Å²) in [5.41, 5.74) is 1.29. The highest BCUT2D eigenvalue weighted by Crippen LogP contribution is 2.02. The quantitative estimate of drug-likeness (QED) is 0.427. The lowest BCUT2D eigenvalue weighted by Crippen LogP contribution is -2.14. The van der Waals surface area contributed by atoms with Gasteiger partial charge in [-0.05, 0) is 30.7 Å². The molecule has 1 aromatic heterocycles. The highest BCUT2D eigenvalue weighted by molar-refractivity contribution is 14.1. The monoisotopic (exact) mass is 335 g/mol. The third-order valence-corrected chi connectivity index (χ3v) is 3.34. The number of hydrogen-bond acceptors (Lipinski definition) is 2. The standard InChI is InChI=1S/C12H22IN3/c1-2-16-11-12(10-15-16)9-14-8-6-4-3-5-7-13/h10-11,14H,2-9H2,1H3. The first-order chi connectivity index (χ1) is 7.86. The highest BCUT2D eigenvalue weighted by atomic mass is 127. The number of aromatic nitrogens is 2. The molecule has 16 heavy (non-hydrogen) atoms. The molecule has 0 saturated heterocycles. The van der Waals surface area contributed by atoms with Crippen molar-refractivity contribution in [2.24, 2.45) is 0 Å². The van der Waals surface area contributed by atoms with Gasteiger partial charge in [-0.1, -0.05) is 35.4 Å². The van der Waals surface area contributed by atoms with Gasteiger partial charge in [-0.25, -0.2) is 0 Å². The normalized spacial score (nSPS) is 10.9. The summed E-state index contributed by atoms with van der Waals surface area (Å²) in [4.78, 5) is 0. The fourth-order valence-corrected chi connectivity index (χ4v) is 2.14. The smallest absolute Gasteiger partial charge is 0.0534 e. The van der Waals surface area contributed by atoms with Crippen molar-refractivity contribution in [1.82, 2.24) is 15.1 Å². The summed E-state index contributed by atoms with van der Waals surface area (Å²) >= 11 is 2.44. The van der Waals surface area contributed by atoms with Gasteiger partial charge in [0.25, 0.3) is 0 Å². The number of nitrogens with zero attached hydrogens (tertiary/aromatic N) is 2. The zero-order valence-corrected chi connectivity index (χ0v) is 12.2. The van der Waals surface area contributed by atoms with Crippen molar-refractivity contribution < 1.29 is 0 Å². The number of halogens is 1. The van der Waals surface area contributed by atoms with Crippen molar-refractivity contribution in [2.45, 2.75) is 45.7 Å². The maximum absolute atomic E-state index is 4.25. The predicted molar refractivity (Wildman–Crippen MR) is 77.0 cm³/mol. The SMILES string of the molecule is CCn1cc(CNCCCCCCI)cn1. The fraction of sp³-hybridized carbons (Fsp3) is 0.750. The Bertz CT molecular complexity index is 273. The van der Waals surface area contributed by atoms with Crippen LogP contribution in [0.15, 0.2) is 12.4 Å². The molecule has 1 rings (SSSR count). The summed E-state index contributed by atoms with van der Waals surface area (Å²) in [6.45, 7) is 5.14. The van der Waals surface area contributed by atoms with Gasteiger partial charge < -0.3 is 5.32 Å². The van der Waals surface area contributed by atoms with Crippen molar-refractivity contribution in [3.63, 3.8) is 0 Å². The van der Waals surface area contributed by atoms with Gasteiger partial charge in [0.15, 0.2) is 0 Å². The predicted octanol–water partition coefficient (Wildman–Crippen LogP) is 2.99. The van der Waals surface area contributed by atoms with E-state index >= 15 is 0 Å². The summed E-state index contributed by atoms with van der Waals surface area (Å²) < 4.78 is 3.26. The lowest BCUT2D eigenvalue weighted by molar-refractivity contribution is 0.599. The minimum atomic E-state index is 0.951. The van der Waals surface area contributed by atoms with Crippen LogP contribution < -0.4 is 5.32 Å². The zero-order chi connectivity index (χ0) is 11.6. The van der Waals surface area contributed by atoms with Gasteiger partial charge in [0.1, 0.15) is 0 Å². The zero-order valence-electron chi connectivity index (χ0n) is 10.1. The van der Waals surface area contributed by atoms with Crippen molar-refractivity contribution in [3.8, 4) is 0 Å². The second-order valence-electron chi connectivity index (χ2n) is 3.98. The summed E-state index contributed by atoms with van der Waals surface area (Å²) in [5.74, 6) is 0. The van der Waals surface area contributed by atoms with E-state index < -0.39 is 0 Å². The van der Waals surface area contributed by atoms with E-state index in [0.717, 1.165) is 19.6 Å². The van der Waals surface area contributed by atoms with Gasteiger partial charge in [0.05, 0.1) is 6.20 Å². The molecule has 0 aliphatic heterocycles. The Morgan fingerprint density at radius 3 is 2.81 bits per heavy atom. The maximum Gasteiger partial charge on any atom is 0.0534 e. The summed E-state index contributed by atoms with van der Waals surface area (Å²) in [7, 11) is 0. The Hall–Kier alpha value is -0.100. The molecule has 0 unspecified atom stereocenters. The molecule has 0 bridgehead atoms. The molecule has 0 aromatic carbocycles. The molecule has 1 N–H and O–H groups in total. The molecule has 0 saturated carbocycles. The van der Waals surface area contributed by atoms with E-state index in [1.165, 1.54) is 35.7 Å². The van der Waals surface area contributed by atoms with E-state index in [2.05, 4.69) is 46.1 Å². The van der Waals surface area contributed by atoms with Gasteiger partial charge in [0.2, 0.25) is 0 Å². The van der Waals surface area contributed by atoms with E-state index in [0.29, 0.717) is 0 Å². The molecule has 0 fully saturated rings. The van der Waals surface area contributed by atoms with Crippen LogP contribution in [0.5, 0.6) is 0 Å². The Balaban J connectivity index is 1.98. The molecule has 0 spiro atoms. The van der Waals surface area contributed by atoms with Crippen LogP contribution >= 0.6 is 22.6 Å². The summed E-state index contributed by atoms with van der Waals surface area (Å²) in [6.07, 6.45) is 9.45. The van der Waals surface area contributed by atoms with Crippen LogP contribution in [0.25, 0.3) is 0 Å². The maximum atomic E-state index is 4.25. The fourth-order valence-electron chi connectivity index (χ4n) is 1.60. The molecule has 3 nitrogen and oxygen atoms in total. The largest absolute Gasteiger partial charge is 0.313 e. The highest BCUT2D eigenvalue weighted by Gasteiger charge is 1.96. The second kappa shape index (κ2) is 8.98. The van der Waals surface area contributed by atoms with Crippen molar-refractivity contribution in [3.05, 3.63) is 18.0 Å². The molecular formula is C12H22IN3. The second-order valence-corrected chi connectivity index (χ2v) is 5.06. The third kappa shape index (κ3) is 5.84. The Morgan fingerprint density at radius 2 is 2.12 bits per heavy atom. The number of aryl methyl sites for hydroxylation is 1. The Kier molecular flexibility index (Phi) is 7.84. The number of nitrogens with one attached hydrogen (secondary N) is 1. The molecule has 92 valence electrons. The number of rotatable bonds is 9. The summed E-state index contributed by atoms with van der Waals surface area (Å²) in [5, 5.41) is 7.71. The Morgan fingerprint density at radius 1 is 1.31 bits per heavy atom. The molecule has 1 heterocycles. The number of hydrogen-bond donors (Lipinski definition) is 1. The van der Waals surface area contributed by atoms with E-state index in [1.54, 1.807) is 0 Å². The average Bonchev–Trinajstić information content (AvgIpc) is 2.76. The van der Waals surface area contributed by atoms with Crippen LogP contribution in [0.3, 0.4) is 0 Å². The first-order valence-corrected chi connectivity index (χ1v) is 7.67. The van der Waals surface area contributed by atoms with Crippen LogP contribution in [-0.4, -0.2) is 20.8 Å². The number of unbranched alkanes of at least 4 members (excludes halogenated alkanes) is 3. The van der Waals surface area contributed by atoms with Gasteiger partial charge in [-0.15, -0.1) is 0 Å². The van der Waals surface area contributed by atoms with Crippen LogP contribution in [0.1, 0.15) is 38.2 Å². The van der Waals surface area contributed by atoms with E-state index in [9.17, 15) is 0 Å². The first kappa shape index (κ1) is 14.0. The van der Waals surface area contributed by atoms with E-state index in [-0.39, 0.29) is 0 Å². The molecule has 4 heteroatoms. The van der Waals surface area contributed by atoms with Gasteiger partial charge in [-0.3, -0.25) is 4.68 Å². The number of alkyl halides is 1. The third-order valence-electron chi connectivity index (χ3n) is 2.58. The van der Waals surface area contributed by atoms with E-state index in [1.807, 2.05) is 10.9 Å². The molecule has 0 aliphatic carbocycles. The van der Waals surface area contributed by atoms with Crippen molar-refractivity contribution >= 4 is 22.6 Å². The molecule has 0 amide bonds. The minimum Gasteiger partial charge on any atom is -0.313 e. The molecule has 0 radical (unpaired) electrons. The first-order valence-electron chi connectivity index (χ1n) is 6.15. The average molecular weight is 335 g/mol. The molecule has 0 atom stereocenters. The van der Waals surface area contributed by atoms with Gasteiger partial charge >= 0.3 is 0 Å². The lowest BCUT2D eigenvalue weighted by Gasteiger charge is -2.02. The van der Waals surface area contributed by atoms with Crippen LogP contribution in [-0.2, 0) is 13.1 Å². The minimum absolute atomic E-state index is 0.951. The van der Waals surface area contributed by atoms with Gasteiger partial charge in [0, 0.05) is 24.8 Å². The molecule has 1 aromatic rings. The van der Waals surface area contributed by atoms with Crippen LogP contribution in [0.4, 0.5) is 0 Å². The molecular weight excluding hydrogens is 313 g/mol. The summed E-state index contributed by atoms with van der Waals surface area (Å²) in [6, 6.07) is 0. The molecule has 0 aliphatic rings. The van der Waals surface area contributed by atoms with Crippen LogP contribution in [0.2, 0.25) is 0 Å². The van der Waals surface area contributed by atoms with Crippen molar-refractivity contribution in [1.29, 1.82) is 0 Å².